The Morgan fingerprint density at radius 2 is 1.98 bits per heavy atom. The summed E-state index contributed by atoms with van der Waals surface area (Å²) in [5.41, 5.74) is 4.17. The average molecular weight is 584 g/mol. The van der Waals surface area contributed by atoms with E-state index in [-0.39, 0.29) is 30.0 Å². The minimum absolute atomic E-state index is 0.0248. The molecule has 2 aliphatic rings. The number of halogens is 2. The fraction of sp³-hybridized carbons (Fsp3) is 0.303. The first-order chi connectivity index (χ1) is 20.8. The monoisotopic (exact) mass is 583 g/mol. The molecule has 3 heterocycles. The zero-order valence-corrected chi connectivity index (χ0v) is 24.6. The van der Waals surface area contributed by atoms with E-state index in [0.29, 0.717) is 23.5 Å². The molecule has 1 fully saturated rings. The molecule has 2 aliphatic heterocycles. The maximum Gasteiger partial charge on any atom is 0.167 e. The molecule has 1 atom stereocenters. The van der Waals surface area contributed by atoms with Gasteiger partial charge in [0, 0.05) is 48.7 Å². The van der Waals surface area contributed by atoms with Gasteiger partial charge >= 0.3 is 0 Å². The standard InChI is InChI=1S/C33H35F2N7O/c1-21(2)42-22(3)39-33-27(34)14-23(15-30(33)42)32(28(35)17-36-4)38-20-37-24-10-11-29-31(16-24)43-19-26-18-40(12-13-41(26)29)25-8-6-5-7-9-25/h5-11,14-17,21,26,37H,4,12-13,18-20H2,1-3H3/b28-17+,38-32-. The van der Waals surface area contributed by atoms with Crippen LogP contribution in [0, 0.1) is 12.7 Å². The summed E-state index contributed by atoms with van der Waals surface area (Å²) in [6, 6.07) is 19.7. The van der Waals surface area contributed by atoms with E-state index in [1.54, 1.807) is 6.07 Å². The number of fused-ring (bicyclic) bond motifs is 4. The lowest BCUT2D eigenvalue weighted by atomic mass is 10.1. The molecular formula is C33H35F2N7O. The summed E-state index contributed by atoms with van der Waals surface area (Å²) in [6.07, 6.45) is 0.979. The molecule has 4 aromatic rings. The molecule has 1 unspecified atom stereocenters. The van der Waals surface area contributed by atoms with Gasteiger partial charge in [0.25, 0.3) is 0 Å². The number of hydrogen-bond donors (Lipinski definition) is 1. The number of imidazole rings is 1. The molecule has 1 aromatic heterocycles. The van der Waals surface area contributed by atoms with Crippen LogP contribution in [-0.2, 0) is 0 Å². The third-order valence-corrected chi connectivity index (χ3v) is 7.97. The second kappa shape index (κ2) is 11.9. The lowest BCUT2D eigenvalue weighted by Crippen LogP contribution is -2.57. The van der Waals surface area contributed by atoms with Gasteiger partial charge in [0.1, 0.15) is 36.1 Å². The molecule has 6 rings (SSSR count). The van der Waals surface area contributed by atoms with E-state index < -0.39 is 11.6 Å². The molecule has 0 aliphatic carbocycles. The van der Waals surface area contributed by atoms with E-state index in [0.717, 1.165) is 43.0 Å². The van der Waals surface area contributed by atoms with Gasteiger partial charge in [-0.3, -0.25) is 9.98 Å². The number of nitrogens with zero attached hydrogens (tertiary/aromatic N) is 6. The molecular weight excluding hydrogens is 548 g/mol. The summed E-state index contributed by atoms with van der Waals surface area (Å²) in [5, 5.41) is 3.23. The van der Waals surface area contributed by atoms with Gasteiger partial charge in [-0.2, -0.15) is 0 Å². The minimum atomic E-state index is -0.711. The van der Waals surface area contributed by atoms with Gasteiger partial charge in [0.05, 0.1) is 23.4 Å². The summed E-state index contributed by atoms with van der Waals surface area (Å²) in [7, 11) is 0. The molecule has 1 saturated heterocycles. The van der Waals surface area contributed by atoms with Crippen molar-refractivity contribution in [1.29, 1.82) is 0 Å². The molecule has 8 nitrogen and oxygen atoms in total. The molecule has 3 aromatic carbocycles. The minimum Gasteiger partial charge on any atom is -0.489 e. The van der Waals surface area contributed by atoms with Crippen molar-refractivity contribution in [3.8, 4) is 5.75 Å². The summed E-state index contributed by atoms with van der Waals surface area (Å²) < 4.78 is 38.4. The first kappa shape index (κ1) is 28.4. The lowest BCUT2D eigenvalue weighted by Gasteiger charge is -2.46. The molecule has 222 valence electrons. The van der Waals surface area contributed by atoms with Crippen LogP contribution in [0.2, 0.25) is 0 Å². The summed E-state index contributed by atoms with van der Waals surface area (Å²) in [4.78, 5) is 17.2. The Morgan fingerprint density at radius 3 is 2.74 bits per heavy atom. The maximum absolute atomic E-state index is 15.2. The topological polar surface area (TPSA) is 70.3 Å². The highest BCUT2D eigenvalue weighted by molar-refractivity contribution is 6.12. The first-order valence-corrected chi connectivity index (χ1v) is 14.5. The molecule has 0 amide bonds. The van der Waals surface area contributed by atoms with Gasteiger partial charge < -0.3 is 24.4 Å². The van der Waals surface area contributed by atoms with Crippen LogP contribution in [-0.4, -0.2) is 60.9 Å². The van der Waals surface area contributed by atoms with Gasteiger partial charge in [-0.15, -0.1) is 0 Å². The van der Waals surface area contributed by atoms with E-state index in [4.69, 9.17) is 4.74 Å². The quantitative estimate of drug-likeness (QED) is 0.239. The number of aromatic nitrogens is 2. The van der Waals surface area contributed by atoms with Crippen LogP contribution in [0.3, 0.4) is 0 Å². The Hall–Kier alpha value is -4.73. The highest BCUT2D eigenvalue weighted by atomic mass is 19.1. The zero-order valence-electron chi connectivity index (χ0n) is 24.6. The molecule has 0 bridgehead atoms. The number of rotatable bonds is 8. The van der Waals surface area contributed by atoms with Crippen molar-refractivity contribution >= 4 is 40.5 Å². The van der Waals surface area contributed by atoms with Gasteiger partial charge in [-0.05, 0) is 63.9 Å². The smallest absolute Gasteiger partial charge is 0.167 e. The number of ether oxygens (including phenoxy) is 1. The van der Waals surface area contributed by atoms with E-state index in [2.05, 4.69) is 61.1 Å². The third-order valence-electron chi connectivity index (χ3n) is 7.97. The molecule has 0 radical (unpaired) electrons. The van der Waals surface area contributed by atoms with Crippen molar-refractivity contribution in [1.82, 2.24) is 9.55 Å². The van der Waals surface area contributed by atoms with Crippen LogP contribution >= 0.6 is 0 Å². The number of aryl methyl sites for hydroxylation is 1. The van der Waals surface area contributed by atoms with Gasteiger partial charge in [-0.25, -0.2) is 13.8 Å². The highest BCUT2D eigenvalue weighted by Gasteiger charge is 2.33. The Kier molecular flexibility index (Phi) is 7.84. The Morgan fingerprint density at radius 1 is 1.16 bits per heavy atom. The van der Waals surface area contributed by atoms with Crippen molar-refractivity contribution in [3.63, 3.8) is 0 Å². The van der Waals surface area contributed by atoms with Crippen LogP contribution in [0.4, 0.5) is 25.8 Å². The van der Waals surface area contributed by atoms with E-state index in [1.165, 1.54) is 11.8 Å². The number of piperazine rings is 1. The first-order valence-electron chi connectivity index (χ1n) is 14.5. The second-order valence-corrected chi connectivity index (χ2v) is 11.1. The summed E-state index contributed by atoms with van der Waals surface area (Å²) >= 11 is 0. The van der Waals surface area contributed by atoms with Crippen molar-refractivity contribution in [3.05, 3.63) is 89.9 Å². The predicted octanol–water partition coefficient (Wildman–Crippen LogP) is 6.52. The normalized spacial score (nSPS) is 17.1. The molecule has 43 heavy (non-hydrogen) atoms. The van der Waals surface area contributed by atoms with Crippen molar-refractivity contribution in [2.24, 2.45) is 9.98 Å². The van der Waals surface area contributed by atoms with Gasteiger partial charge in [0.2, 0.25) is 0 Å². The third kappa shape index (κ3) is 5.57. The Balaban J connectivity index is 1.21. The molecule has 0 spiro atoms. The summed E-state index contributed by atoms with van der Waals surface area (Å²) in [6.45, 7) is 12.5. The number of hydrogen-bond acceptors (Lipinski definition) is 7. The van der Waals surface area contributed by atoms with Crippen molar-refractivity contribution in [2.45, 2.75) is 32.9 Å². The number of aliphatic imine (C=N–C) groups is 2. The molecule has 0 saturated carbocycles. The fourth-order valence-electron chi connectivity index (χ4n) is 6.06. The molecule has 10 heteroatoms. The van der Waals surface area contributed by atoms with Crippen molar-refractivity contribution in [2.75, 3.05) is 48.0 Å². The van der Waals surface area contributed by atoms with Crippen molar-refractivity contribution < 1.29 is 13.5 Å². The van der Waals surface area contributed by atoms with Crippen LogP contribution in [0.25, 0.3) is 11.0 Å². The summed E-state index contributed by atoms with van der Waals surface area (Å²) in [5.74, 6) is 0.233. The van der Waals surface area contributed by atoms with Crippen LogP contribution in [0.1, 0.15) is 31.3 Å². The Labute approximate surface area is 250 Å². The predicted molar refractivity (Wildman–Crippen MR) is 170 cm³/mol. The number of para-hydroxylation sites is 1. The number of anilines is 3. The van der Waals surface area contributed by atoms with Gasteiger partial charge in [0.15, 0.2) is 11.6 Å². The SMILES string of the molecule is C=N/C=C(F)\C(=N/CNc1ccc2c(c1)OCC1CN(c3ccccc3)CCN21)c1cc(F)c2nc(C)n(C(C)C)c2c1. The average Bonchev–Trinajstić information content (AvgIpc) is 3.36. The van der Waals surface area contributed by atoms with Crippen LogP contribution in [0.15, 0.2) is 82.7 Å². The molecule has 1 N–H and O–H groups in total. The second-order valence-electron chi connectivity index (χ2n) is 11.1. The number of nitrogens with one attached hydrogen (secondary N) is 1. The number of benzene rings is 3. The Bertz CT molecular complexity index is 1710. The van der Waals surface area contributed by atoms with E-state index in [1.807, 2.05) is 49.6 Å². The van der Waals surface area contributed by atoms with Crippen LogP contribution in [0.5, 0.6) is 5.75 Å². The van der Waals surface area contributed by atoms with E-state index in [9.17, 15) is 0 Å². The van der Waals surface area contributed by atoms with E-state index >= 15 is 8.78 Å². The lowest BCUT2D eigenvalue weighted by molar-refractivity contribution is 0.255. The highest BCUT2D eigenvalue weighted by Crippen LogP contribution is 2.38. The van der Waals surface area contributed by atoms with Crippen LogP contribution < -0.4 is 19.9 Å². The maximum atomic E-state index is 15.2. The van der Waals surface area contributed by atoms with Gasteiger partial charge in [-0.1, -0.05) is 18.2 Å². The number of allylic oxidation sites excluding steroid dienone is 1. The zero-order chi connectivity index (χ0) is 30.1. The largest absolute Gasteiger partial charge is 0.489 e. The fourth-order valence-corrected chi connectivity index (χ4v) is 6.06.